The zero-order valence-corrected chi connectivity index (χ0v) is 15.7. The van der Waals surface area contributed by atoms with Gasteiger partial charge in [-0.25, -0.2) is 8.42 Å². The number of anilines is 1. The molecule has 1 aliphatic heterocycles. The molecule has 11 heteroatoms. The molecular formula is C18H16F6N2O2S. The minimum atomic E-state index is -4.94. The number of piperazine rings is 1. The van der Waals surface area contributed by atoms with Crippen LogP contribution in [0.5, 0.6) is 0 Å². The molecule has 0 amide bonds. The molecule has 4 nitrogen and oxygen atoms in total. The smallest absolute Gasteiger partial charge is 0.369 e. The highest BCUT2D eigenvalue weighted by Gasteiger charge is 2.38. The van der Waals surface area contributed by atoms with Crippen LogP contribution in [-0.2, 0) is 22.4 Å². The summed E-state index contributed by atoms with van der Waals surface area (Å²) < 4.78 is 105. The van der Waals surface area contributed by atoms with Crippen LogP contribution in [0, 0.1) is 0 Å². The molecule has 1 fully saturated rings. The summed E-state index contributed by atoms with van der Waals surface area (Å²) in [6, 6.07) is 8.98. The molecule has 2 aromatic carbocycles. The van der Waals surface area contributed by atoms with Crippen LogP contribution in [0.4, 0.5) is 32.0 Å². The first-order chi connectivity index (χ1) is 13.4. The molecule has 0 bridgehead atoms. The molecule has 2 aromatic rings. The summed E-state index contributed by atoms with van der Waals surface area (Å²) in [5, 5.41) is 0. The summed E-state index contributed by atoms with van der Waals surface area (Å²) in [6.07, 6.45) is -9.87. The number of benzene rings is 2. The van der Waals surface area contributed by atoms with Crippen LogP contribution in [0.25, 0.3) is 0 Å². The lowest BCUT2D eigenvalue weighted by atomic mass is 10.1. The quantitative estimate of drug-likeness (QED) is 0.674. The molecule has 29 heavy (non-hydrogen) atoms. The van der Waals surface area contributed by atoms with E-state index in [2.05, 4.69) is 0 Å². The van der Waals surface area contributed by atoms with Gasteiger partial charge in [0.25, 0.3) is 0 Å². The van der Waals surface area contributed by atoms with E-state index in [0.29, 0.717) is 12.1 Å². The minimum absolute atomic E-state index is 0.0370. The second kappa shape index (κ2) is 7.52. The fourth-order valence-corrected chi connectivity index (χ4v) is 4.49. The number of alkyl halides is 6. The van der Waals surface area contributed by atoms with E-state index in [0.717, 1.165) is 4.31 Å². The first-order valence-corrected chi connectivity index (χ1v) is 9.93. The molecular weight excluding hydrogens is 422 g/mol. The molecule has 0 atom stereocenters. The van der Waals surface area contributed by atoms with Crippen molar-refractivity contribution in [2.75, 3.05) is 31.1 Å². The fourth-order valence-electron chi connectivity index (χ4n) is 3.05. The van der Waals surface area contributed by atoms with Gasteiger partial charge in [-0.1, -0.05) is 18.2 Å². The number of hydrogen-bond donors (Lipinski definition) is 0. The highest BCUT2D eigenvalue weighted by atomic mass is 32.2. The molecule has 158 valence electrons. The van der Waals surface area contributed by atoms with E-state index in [4.69, 9.17) is 0 Å². The first kappa shape index (κ1) is 21.4. The van der Waals surface area contributed by atoms with E-state index in [1.54, 1.807) is 18.2 Å². The van der Waals surface area contributed by atoms with Crippen LogP contribution in [0.1, 0.15) is 11.1 Å². The van der Waals surface area contributed by atoms with Crippen LogP contribution in [0.2, 0.25) is 0 Å². The van der Waals surface area contributed by atoms with Crippen LogP contribution < -0.4 is 4.90 Å². The van der Waals surface area contributed by atoms with Gasteiger partial charge in [0.15, 0.2) is 0 Å². The second-order valence-electron chi connectivity index (χ2n) is 6.47. The Hall–Kier alpha value is -2.27. The van der Waals surface area contributed by atoms with Crippen molar-refractivity contribution in [3.63, 3.8) is 0 Å². The van der Waals surface area contributed by atoms with Crippen molar-refractivity contribution in [1.82, 2.24) is 4.31 Å². The molecule has 0 aromatic heterocycles. The molecule has 1 heterocycles. The Labute approximate surface area is 163 Å². The van der Waals surface area contributed by atoms with Crippen molar-refractivity contribution < 1.29 is 34.8 Å². The fraction of sp³-hybridized carbons (Fsp3) is 0.333. The Morgan fingerprint density at radius 2 is 1.21 bits per heavy atom. The maximum atomic E-state index is 13.0. The summed E-state index contributed by atoms with van der Waals surface area (Å²) in [6.45, 7) is -0.195. The molecule has 0 N–H and O–H groups in total. The van der Waals surface area contributed by atoms with Gasteiger partial charge in [-0.05, 0) is 30.3 Å². The van der Waals surface area contributed by atoms with Gasteiger partial charge in [0, 0.05) is 31.9 Å². The average Bonchev–Trinajstić information content (AvgIpc) is 2.67. The molecule has 1 aliphatic rings. The number of nitrogens with zero attached hydrogens (tertiary/aromatic N) is 2. The molecule has 0 saturated carbocycles. The van der Waals surface area contributed by atoms with Crippen LogP contribution >= 0.6 is 0 Å². The van der Waals surface area contributed by atoms with Gasteiger partial charge in [0.05, 0.1) is 16.0 Å². The summed E-state index contributed by atoms with van der Waals surface area (Å²) in [5.74, 6) is 0. The Balaban J connectivity index is 1.84. The molecule has 0 unspecified atom stereocenters. The van der Waals surface area contributed by atoms with Crippen molar-refractivity contribution in [3.8, 4) is 0 Å². The lowest BCUT2D eigenvalue weighted by Crippen LogP contribution is -2.48. The van der Waals surface area contributed by atoms with E-state index in [9.17, 15) is 34.8 Å². The third-order valence-electron chi connectivity index (χ3n) is 4.56. The van der Waals surface area contributed by atoms with Gasteiger partial charge >= 0.3 is 12.4 Å². The van der Waals surface area contributed by atoms with E-state index < -0.39 is 33.5 Å². The molecule has 0 aliphatic carbocycles. The molecule has 1 saturated heterocycles. The van der Waals surface area contributed by atoms with E-state index in [1.807, 2.05) is 0 Å². The summed E-state index contributed by atoms with van der Waals surface area (Å²) in [4.78, 5) is 1.40. The highest BCUT2D eigenvalue weighted by molar-refractivity contribution is 7.89. The monoisotopic (exact) mass is 438 g/mol. The van der Waals surface area contributed by atoms with Crippen molar-refractivity contribution in [2.24, 2.45) is 0 Å². The number of halogens is 6. The number of rotatable bonds is 3. The van der Waals surface area contributed by atoms with Gasteiger partial charge in [-0.3, -0.25) is 0 Å². The highest BCUT2D eigenvalue weighted by Crippen LogP contribution is 2.38. The molecule has 0 spiro atoms. The van der Waals surface area contributed by atoms with Gasteiger partial charge in [0.2, 0.25) is 10.0 Å². The van der Waals surface area contributed by atoms with Crippen molar-refractivity contribution in [1.29, 1.82) is 0 Å². The van der Waals surface area contributed by atoms with Crippen molar-refractivity contribution in [3.05, 3.63) is 59.7 Å². The van der Waals surface area contributed by atoms with E-state index in [1.165, 1.54) is 17.0 Å². The Morgan fingerprint density at radius 1 is 0.724 bits per heavy atom. The van der Waals surface area contributed by atoms with Gasteiger partial charge in [-0.2, -0.15) is 30.6 Å². The number of hydrogen-bond acceptors (Lipinski definition) is 3. The van der Waals surface area contributed by atoms with E-state index in [-0.39, 0.29) is 42.8 Å². The predicted octanol–water partition coefficient (Wildman–Crippen LogP) is 4.24. The SMILES string of the molecule is O=S(=O)(c1ccccc1)N1CCN(c2cc(C(F)(F)F)cc(C(F)(F)F)c2)CC1. The third-order valence-corrected chi connectivity index (χ3v) is 6.47. The molecule has 0 radical (unpaired) electrons. The standard InChI is InChI=1S/C18H16F6N2O2S/c19-17(20,21)13-10-14(18(22,23)24)12-15(11-13)25-6-8-26(9-7-25)29(27,28)16-4-2-1-3-5-16/h1-5,10-12H,6-9H2. The Bertz CT molecular complexity index is 934. The van der Waals surface area contributed by atoms with Crippen LogP contribution in [0.3, 0.4) is 0 Å². The lowest BCUT2D eigenvalue weighted by molar-refractivity contribution is -0.143. The minimum Gasteiger partial charge on any atom is -0.369 e. The normalized spacial score (nSPS) is 16.8. The Kier molecular flexibility index (Phi) is 5.56. The average molecular weight is 438 g/mol. The zero-order valence-electron chi connectivity index (χ0n) is 14.8. The topological polar surface area (TPSA) is 40.6 Å². The maximum absolute atomic E-state index is 13.0. The zero-order chi connectivity index (χ0) is 21.4. The second-order valence-corrected chi connectivity index (χ2v) is 8.41. The lowest BCUT2D eigenvalue weighted by Gasteiger charge is -2.36. The number of sulfonamides is 1. The van der Waals surface area contributed by atoms with Gasteiger partial charge < -0.3 is 4.90 Å². The maximum Gasteiger partial charge on any atom is 0.416 e. The van der Waals surface area contributed by atoms with Crippen molar-refractivity contribution >= 4 is 15.7 Å². The third kappa shape index (κ3) is 4.67. The Morgan fingerprint density at radius 3 is 1.66 bits per heavy atom. The largest absolute Gasteiger partial charge is 0.416 e. The summed E-state index contributed by atoms with van der Waals surface area (Å²) in [5.41, 5.74) is -3.05. The molecule has 3 rings (SSSR count). The van der Waals surface area contributed by atoms with Crippen molar-refractivity contribution in [2.45, 2.75) is 17.2 Å². The summed E-state index contributed by atoms with van der Waals surface area (Å²) >= 11 is 0. The predicted molar refractivity (Wildman–Crippen MR) is 93.9 cm³/mol. The first-order valence-electron chi connectivity index (χ1n) is 8.49. The van der Waals surface area contributed by atoms with Crippen LogP contribution in [-0.4, -0.2) is 38.9 Å². The summed E-state index contributed by atoms with van der Waals surface area (Å²) in [7, 11) is -3.78. The van der Waals surface area contributed by atoms with E-state index >= 15 is 0 Å². The van der Waals surface area contributed by atoms with Crippen LogP contribution in [0.15, 0.2) is 53.4 Å². The van der Waals surface area contributed by atoms with Gasteiger partial charge in [-0.15, -0.1) is 0 Å². The van der Waals surface area contributed by atoms with Gasteiger partial charge in [0.1, 0.15) is 0 Å².